The van der Waals surface area contributed by atoms with Crippen LogP contribution in [0.2, 0.25) is 0 Å². The molecular weight excluding hydrogens is 296 g/mol. The Morgan fingerprint density at radius 1 is 1.43 bits per heavy atom. The van der Waals surface area contributed by atoms with Crippen molar-refractivity contribution < 1.29 is 22.7 Å². The number of piperidine rings is 1. The van der Waals surface area contributed by atoms with Crippen LogP contribution in [0.25, 0.3) is 0 Å². The fourth-order valence-electron chi connectivity index (χ4n) is 2.49. The molecule has 2 heterocycles. The maximum Gasteiger partial charge on any atom is 0.371 e. The molecule has 21 heavy (non-hydrogen) atoms. The lowest BCUT2D eigenvalue weighted by molar-refractivity contribution is 0.0659. The van der Waals surface area contributed by atoms with Crippen LogP contribution in [0.1, 0.15) is 42.1 Å². The first-order valence-corrected chi connectivity index (χ1v) is 8.66. The van der Waals surface area contributed by atoms with E-state index in [0.29, 0.717) is 18.8 Å². The topological polar surface area (TPSA) is 99.9 Å². The molecule has 0 bridgehead atoms. The Balaban J connectivity index is 1.89. The summed E-state index contributed by atoms with van der Waals surface area (Å²) < 4.78 is 29.6. The lowest BCUT2D eigenvalue weighted by Crippen LogP contribution is -2.45. The van der Waals surface area contributed by atoms with Crippen molar-refractivity contribution >= 4 is 16.0 Å². The van der Waals surface area contributed by atoms with Crippen LogP contribution >= 0.6 is 0 Å². The van der Waals surface area contributed by atoms with Gasteiger partial charge >= 0.3 is 5.97 Å². The van der Waals surface area contributed by atoms with Crippen LogP contribution in [-0.2, 0) is 10.0 Å². The van der Waals surface area contributed by atoms with Crippen LogP contribution in [0.15, 0.2) is 16.5 Å². The van der Waals surface area contributed by atoms with E-state index in [1.165, 1.54) is 16.6 Å². The summed E-state index contributed by atoms with van der Waals surface area (Å²) in [6, 6.07) is 3.15. The molecule has 1 fully saturated rings. The van der Waals surface area contributed by atoms with Crippen molar-refractivity contribution in [2.75, 3.05) is 19.3 Å². The maximum absolute atomic E-state index is 11.4. The number of aromatic carboxylic acids is 1. The summed E-state index contributed by atoms with van der Waals surface area (Å²) in [6.07, 6.45) is 2.67. The number of nitrogens with one attached hydrogen (secondary N) is 1. The first-order chi connectivity index (χ1) is 9.77. The number of sulfonamides is 1. The van der Waals surface area contributed by atoms with Gasteiger partial charge in [-0.2, -0.15) is 0 Å². The van der Waals surface area contributed by atoms with Crippen molar-refractivity contribution in [1.82, 2.24) is 9.62 Å². The third-order valence-electron chi connectivity index (χ3n) is 3.67. The monoisotopic (exact) mass is 316 g/mol. The average Bonchev–Trinajstić information content (AvgIpc) is 2.88. The van der Waals surface area contributed by atoms with Crippen molar-refractivity contribution in [3.05, 3.63) is 23.7 Å². The molecule has 0 amide bonds. The van der Waals surface area contributed by atoms with Gasteiger partial charge in [-0.3, -0.25) is 0 Å². The Labute approximate surface area is 124 Å². The molecule has 2 N–H and O–H groups in total. The van der Waals surface area contributed by atoms with Crippen molar-refractivity contribution in [2.24, 2.45) is 0 Å². The van der Waals surface area contributed by atoms with E-state index in [0.717, 1.165) is 12.8 Å². The third-order valence-corrected chi connectivity index (χ3v) is 4.98. The van der Waals surface area contributed by atoms with Gasteiger partial charge in [0.05, 0.1) is 12.3 Å². The van der Waals surface area contributed by atoms with Gasteiger partial charge in [0.1, 0.15) is 5.76 Å². The quantitative estimate of drug-likeness (QED) is 0.842. The molecule has 1 aromatic heterocycles. The number of nitrogens with zero attached hydrogens (tertiary/aromatic N) is 1. The minimum Gasteiger partial charge on any atom is -0.475 e. The van der Waals surface area contributed by atoms with Gasteiger partial charge in [0.25, 0.3) is 0 Å². The number of carbonyl (C=O) groups is 1. The second-order valence-electron chi connectivity index (χ2n) is 5.33. The minimum atomic E-state index is -3.11. The molecule has 0 aliphatic carbocycles. The highest BCUT2D eigenvalue weighted by Crippen LogP contribution is 2.20. The zero-order chi connectivity index (χ0) is 15.6. The Bertz CT molecular complexity index is 602. The molecule has 0 spiro atoms. The molecule has 1 saturated heterocycles. The van der Waals surface area contributed by atoms with E-state index in [1.807, 2.05) is 6.92 Å². The van der Waals surface area contributed by atoms with E-state index < -0.39 is 16.0 Å². The zero-order valence-electron chi connectivity index (χ0n) is 12.1. The normalized spacial score (nSPS) is 19.5. The maximum atomic E-state index is 11.4. The summed E-state index contributed by atoms with van der Waals surface area (Å²) in [6.45, 7) is 2.90. The second-order valence-corrected chi connectivity index (χ2v) is 7.31. The van der Waals surface area contributed by atoms with E-state index in [4.69, 9.17) is 9.52 Å². The highest BCUT2D eigenvalue weighted by Gasteiger charge is 2.26. The van der Waals surface area contributed by atoms with Gasteiger partial charge < -0.3 is 14.8 Å². The molecule has 2 rings (SSSR count). The van der Waals surface area contributed by atoms with Crippen LogP contribution in [-0.4, -0.2) is 49.2 Å². The lowest BCUT2D eigenvalue weighted by Gasteiger charge is -2.32. The van der Waals surface area contributed by atoms with Crippen LogP contribution in [0.3, 0.4) is 0 Å². The fraction of sp³-hybridized carbons (Fsp3) is 0.615. The third kappa shape index (κ3) is 4.05. The van der Waals surface area contributed by atoms with Gasteiger partial charge in [0.15, 0.2) is 0 Å². The molecular formula is C13H20N2O5S. The minimum absolute atomic E-state index is 0.0782. The summed E-state index contributed by atoms with van der Waals surface area (Å²) >= 11 is 0. The van der Waals surface area contributed by atoms with E-state index in [9.17, 15) is 13.2 Å². The molecule has 7 nitrogen and oxygen atoms in total. The fourth-order valence-corrected chi connectivity index (χ4v) is 3.36. The van der Waals surface area contributed by atoms with Gasteiger partial charge in [0, 0.05) is 19.1 Å². The molecule has 0 saturated carbocycles. The van der Waals surface area contributed by atoms with Crippen LogP contribution in [0, 0.1) is 0 Å². The zero-order valence-corrected chi connectivity index (χ0v) is 12.9. The first-order valence-electron chi connectivity index (χ1n) is 6.81. The van der Waals surface area contributed by atoms with E-state index in [2.05, 4.69) is 5.32 Å². The highest BCUT2D eigenvalue weighted by molar-refractivity contribution is 7.88. The number of hydrogen-bond donors (Lipinski definition) is 2. The van der Waals surface area contributed by atoms with E-state index in [1.54, 1.807) is 6.07 Å². The average molecular weight is 316 g/mol. The van der Waals surface area contributed by atoms with Gasteiger partial charge in [-0.1, -0.05) is 0 Å². The van der Waals surface area contributed by atoms with Gasteiger partial charge in [-0.25, -0.2) is 17.5 Å². The predicted molar refractivity (Wildman–Crippen MR) is 76.7 cm³/mol. The number of rotatable bonds is 5. The molecule has 8 heteroatoms. The summed E-state index contributed by atoms with van der Waals surface area (Å²) in [5.74, 6) is -0.599. The Hall–Kier alpha value is -1.38. The van der Waals surface area contributed by atoms with Crippen LogP contribution in [0.5, 0.6) is 0 Å². The SMILES string of the molecule is CC(NC1CCN(S(C)(=O)=O)CC1)c1ccc(C(=O)O)o1. The summed E-state index contributed by atoms with van der Waals surface area (Å²) in [7, 11) is -3.11. The molecule has 1 aromatic rings. The van der Waals surface area contributed by atoms with Crippen LogP contribution in [0.4, 0.5) is 0 Å². The molecule has 1 aliphatic heterocycles. The smallest absolute Gasteiger partial charge is 0.371 e. The highest BCUT2D eigenvalue weighted by atomic mass is 32.2. The number of carboxylic acid groups (broad SMARTS) is 1. The second kappa shape index (κ2) is 6.17. The molecule has 1 atom stereocenters. The van der Waals surface area contributed by atoms with Crippen molar-refractivity contribution in [1.29, 1.82) is 0 Å². The van der Waals surface area contributed by atoms with Gasteiger partial charge in [-0.05, 0) is 31.9 Å². The molecule has 1 unspecified atom stereocenters. The van der Waals surface area contributed by atoms with Gasteiger partial charge in [-0.15, -0.1) is 0 Å². The lowest BCUT2D eigenvalue weighted by atomic mass is 10.1. The number of carboxylic acids is 1. The molecule has 0 radical (unpaired) electrons. The largest absolute Gasteiger partial charge is 0.475 e. The standard InChI is InChI=1S/C13H20N2O5S/c1-9(11-3-4-12(20-11)13(16)17)14-10-5-7-15(8-6-10)21(2,18)19/h3-4,9-10,14H,5-8H2,1-2H3,(H,16,17). The number of furan rings is 1. The van der Waals surface area contributed by atoms with E-state index in [-0.39, 0.29) is 17.8 Å². The molecule has 0 aromatic carbocycles. The molecule has 118 valence electrons. The van der Waals surface area contributed by atoms with Crippen molar-refractivity contribution in [2.45, 2.75) is 31.8 Å². The Morgan fingerprint density at radius 2 is 2.05 bits per heavy atom. The van der Waals surface area contributed by atoms with Crippen molar-refractivity contribution in [3.8, 4) is 0 Å². The summed E-state index contributed by atoms with van der Waals surface area (Å²) in [5, 5.41) is 12.2. The predicted octanol–water partition coefficient (Wildman–Crippen LogP) is 1.05. The molecule has 1 aliphatic rings. The Kier molecular flexibility index (Phi) is 4.70. The number of hydrogen-bond acceptors (Lipinski definition) is 5. The Morgan fingerprint density at radius 3 is 2.52 bits per heavy atom. The van der Waals surface area contributed by atoms with Crippen molar-refractivity contribution in [3.63, 3.8) is 0 Å². The summed E-state index contributed by atoms with van der Waals surface area (Å²) in [4.78, 5) is 10.8. The van der Waals surface area contributed by atoms with Gasteiger partial charge in [0.2, 0.25) is 15.8 Å². The summed E-state index contributed by atoms with van der Waals surface area (Å²) in [5.41, 5.74) is 0. The van der Waals surface area contributed by atoms with E-state index >= 15 is 0 Å². The first kappa shape index (κ1) is 16.0. The van der Waals surface area contributed by atoms with Crippen LogP contribution < -0.4 is 5.32 Å².